The number of hydrogen-bond donors (Lipinski definition) is 3. The minimum Gasteiger partial charge on any atom is -0.465 e. The van der Waals surface area contributed by atoms with E-state index in [1.807, 2.05) is 91.0 Å². The van der Waals surface area contributed by atoms with Crippen LogP contribution in [0.3, 0.4) is 0 Å². The lowest BCUT2D eigenvalue weighted by Crippen LogP contribution is -2.54. The molecule has 0 saturated carbocycles. The number of hydrogen-bond acceptors (Lipinski definition) is 7. The van der Waals surface area contributed by atoms with Gasteiger partial charge in [-0.2, -0.15) is 0 Å². The third-order valence-corrected chi connectivity index (χ3v) is 6.43. The Morgan fingerprint density at radius 1 is 0.700 bits per heavy atom. The number of ether oxygens (including phenoxy) is 2. The highest BCUT2D eigenvalue weighted by molar-refractivity contribution is 5.98. The summed E-state index contributed by atoms with van der Waals surface area (Å²) < 4.78 is 10.5. The molecular formula is C31H33N3O6. The highest BCUT2D eigenvalue weighted by Crippen LogP contribution is 2.15. The van der Waals surface area contributed by atoms with Gasteiger partial charge in [0.2, 0.25) is 11.8 Å². The second-order valence-electron chi connectivity index (χ2n) is 9.47. The van der Waals surface area contributed by atoms with Gasteiger partial charge < -0.3 is 20.1 Å². The monoisotopic (exact) mass is 543 g/mol. The van der Waals surface area contributed by atoms with E-state index in [4.69, 9.17) is 9.47 Å². The van der Waals surface area contributed by atoms with Crippen LogP contribution in [-0.4, -0.2) is 54.5 Å². The summed E-state index contributed by atoms with van der Waals surface area (Å²) in [5, 5.41) is 8.34. The van der Waals surface area contributed by atoms with Crippen LogP contribution in [0.5, 0.6) is 0 Å². The maximum absolute atomic E-state index is 13.6. The van der Waals surface area contributed by atoms with Crippen molar-refractivity contribution >= 4 is 23.8 Å². The highest BCUT2D eigenvalue weighted by Gasteiger charge is 2.49. The van der Waals surface area contributed by atoms with Gasteiger partial charge in [0.15, 0.2) is 0 Å². The Morgan fingerprint density at radius 2 is 1.23 bits per heavy atom. The average molecular weight is 544 g/mol. The SMILES string of the molecule is CCOC(=O)[C@H]1N[C@@H]1C(=O)N[C@@H](Cc1ccccc1)C(=O)N[C@@H](Cc1ccccc1)C(=O)OCc1ccccc1. The maximum Gasteiger partial charge on any atom is 0.329 e. The number of amides is 2. The van der Waals surface area contributed by atoms with Crippen molar-refractivity contribution in [1.82, 2.24) is 16.0 Å². The standard InChI is InChI=1S/C31H33N3O6/c1-2-39-31(38)27-26(34-27)29(36)32-24(18-21-12-6-3-7-13-21)28(35)33-25(19-22-14-8-4-9-15-22)30(37)40-20-23-16-10-5-11-17-23/h3-17,24-27,34H,2,18-20H2,1H3,(H,32,36)(H,33,35)/t24-,25-,26-,27-/m0/s1. The first-order valence-corrected chi connectivity index (χ1v) is 13.3. The molecule has 1 saturated heterocycles. The van der Waals surface area contributed by atoms with E-state index in [1.54, 1.807) is 6.92 Å². The van der Waals surface area contributed by atoms with Gasteiger partial charge in [0.25, 0.3) is 0 Å². The Bertz CT molecular complexity index is 1290. The van der Waals surface area contributed by atoms with Crippen LogP contribution in [0.15, 0.2) is 91.0 Å². The van der Waals surface area contributed by atoms with E-state index in [0.29, 0.717) is 0 Å². The molecule has 3 aromatic rings. The van der Waals surface area contributed by atoms with Gasteiger partial charge in [-0.05, 0) is 23.6 Å². The molecule has 0 spiro atoms. The molecule has 0 unspecified atom stereocenters. The van der Waals surface area contributed by atoms with Crippen LogP contribution < -0.4 is 16.0 Å². The average Bonchev–Trinajstić information content (AvgIpc) is 3.78. The first-order valence-electron chi connectivity index (χ1n) is 13.3. The normalized spacial score (nSPS) is 17.1. The number of carbonyl (C=O) groups is 4. The zero-order valence-electron chi connectivity index (χ0n) is 22.2. The van der Waals surface area contributed by atoms with E-state index in [0.717, 1.165) is 16.7 Å². The van der Waals surface area contributed by atoms with Crippen LogP contribution in [0.2, 0.25) is 0 Å². The number of nitrogens with one attached hydrogen (secondary N) is 3. The molecular weight excluding hydrogens is 510 g/mol. The minimum absolute atomic E-state index is 0.0631. The van der Waals surface area contributed by atoms with Crippen molar-refractivity contribution in [1.29, 1.82) is 0 Å². The van der Waals surface area contributed by atoms with Gasteiger partial charge >= 0.3 is 11.9 Å². The van der Waals surface area contributed by atoms with Gasteiger partial charge in [0.05, 0.1) is 6.61 Å². The van der Waals surface area contributed by atoms with Crippen LogP contribution in [0.25, 0.3) is 0 Å². The highest BCUT2D eigenvalue weighted by atomic mass is 16.5. The fourth-order valence-corrected chi connectivity index (χ4v) is 4.27. The van der Waals surface area contributed by atoms with Crippen molar-refractivity contribution in [2.45, 2.75) is 50.5 Å². The fourth-order valence-electron chi connectivity index (χ4n) is 4.27. The molecule has 1 fully saturated rings. The molecule has 0 aromatic heterocycles. The lowest BCUT2D eigenvalue weighted by atomic mass is 10.0. The van der Waals surface area contributed by atoms with Crippen molar-refractivity contribution in [3.05, 3.63) is 108 Å². The minimum atomic E-state index is -1.000. The molecule has 4 rings (SSSR count). The third-order valence-electron chi connectivity index (χ3n) is 6.43. The van der Waals surface area contributed by atoms with E-state index >= 15 is 0 Å². The summed E-state index contributed by atoms with van der Waals surface area (Å²) in [6.45, 7) is 1.95. The first kappa shape index (κ1) is 28.5. The van der Waals surface area contributed by atoms with Gasteiger partial charge in [-0.1, -0.05) is 91.0 Å². The van der Waals surface area contributed by atoms with Gasteiger partial charge in [0.1, 0.15) is 30.8 Å². The van der Waals surface area contributed by atoms with Crippen molar-refractivity contribution in [2.24, 2.45) is 0 Å². The fraction of sp³-hybridized carbons (Fsp3) is 0.290. The van der Waals surface area contributed by atoms with Crippen LogP contribution >= 0.6 is 0 Å². The van der Waals surface area contributed by atoms with E-state index in [1.165, 1.54) is 0 Å². The predicted molar refractivity (Wildman–Crippen MR) is 148 cm³/mol. The Labute approximate surface area is 233 Å². The molecule has 9 nitrogen and oxygen atoms in total. The molecule has 1 aliphatic rings. The first-order chi connectivity index (χ1) is 19.4. The summed E-state index contributed by atoms with van der Waals surface area (Å²) in [5.41, 5.74) is 2.48. The van der Waals surface area contributed by atoms with Crippen LogP contribution in [0.1, 0.15) is 23.6 Å². The van der Waals surface area contributed by atoms with E-state index in [-0.39, 0.29) is 26.1 Å². The number of rotatable bonds is 13. The Balaban J connectivity index is 1.48. The predicted octanol–water partition coefficient (Wildman–Crippen LogP) is 2.09. The Hall–Kier alpha value is -4.50. The summed E-state index contributed by atoms with van der Waals surface area (Å²) in [5.74, 6) is -2.14. The van der Waals surface area contributed by atoms with E-state index < -0.39 is 47.9 Å². The van der Waals surface area contributed by atoms with Gasteiger partial charge in [-0.15, -0.1) is 0 Å². The lowest BCUT2D eigenvalue weighted by molar-refractivity contribution is -0.149. The number of benzene rings is 3. The summed E-state index contributed by atoms with van der Waals surface area (Å²) in [6.07, 6.45) is 0.396. The van der Waals surface area contributed by atoms with Crippen LogP contribution in [0.4, 0.5) is 0 Å². The Kier molecular flexibility index (Phi) is 10.0. The number of carbonyl (C=O) groups excluding carboxylic acids is 4. The molecule has 0 bridgehead atoms. The van der Waals surface area contributed by atoms with Crippen LogP contribution in [-0.2, 0) is 48.1 Å². The van der Waals surface area contributed by atoms with Gasteiger partial charge in [-0.25, -0.2) is 4.79 Å². The van der Waals surface area contributed by atoms with Crippen molar-refractivity contribution < 1.29 is 28.7 Å². The quantitative estimate of drug-likeness (QED) is 0.222. The molecule has 208 valence electrons. The summed E-state index contributed by atoms with van der Waals surface area (Å²) in [7, 11) is 0. The maximum atomic E-state index is 13.6. The Morgan fingerprint density at radius 3 is 1.77 bits per heavy atom. The van der Waals surface area contributed by atoms with Crippen molar-refractivity contribution in [3.8, 4) is 0 Å². The molecule has 9 heteroatoms. The third kappa shape index (κ3) is 8.25. The largest absolute Gasteiger partial charge is 0.465 e. The van der Waals surface area contributed by atoms with E-state index in [9.17, 15) is 19.2 Å². The summed E-state index contributed by atoms with van der Waals surface area (Å²) >= 11 is 0. The molecule has 2 amide bonds. The molecule has 4 atom stereocenters. The molecule has 1 aliphatic heterocycles. The lowest BCUT2D eigenvalue weighted by Gasteiger charge is -2.23. The molecule has 3 aromatic carbocycles. The van der Waals surface area contributed by atoms with Gasteiger partial charge in [0, 0.05) is 12.8 Å². The molecule has 0 aliphatic carbocycles. The molecule has 3 N–H and O–H groups in total. The second-order valence-corrected chi connectivity index (χ2v) is 9.47. The summed E-state index contributed by atoms with van der Waals surface area (Å²) in [6, 6.07) is 24.3. The topological polar surface area (TPSA) is 133 Å². The second kappa shape index (κ2) is 14.0. The van der Waals surface area contributed by atoms with Crippen LogP contribution in [0, 0.1) is 0 Å². The smallest absolute Gasteiger partial charge is 0.329 e. The van der Waals surface area contributed by atoms with E-state index in [2.05, 4.69) is 16.0 Å². The van der Waals surface area contributed by atoms with Gasteiger partial charge in [-0.3, -0.25) is 19.7 Å². The zero-order chi connectivity index (χ0) is 28.3. The number of esters is 2. The molecule has 40 heavy (non-hydrogen) atoms. The van der Waals surface area contributed by atoms with Crippen molar-refractivity contribution in [3.63, 3.8) is 0 Å². The summed E-state index contributed by atoms with van der Waals surface area (Å²) in [4.78, 5) is 51.7. The zero-order valence-corrected chi connectivity index (χ0v) is 22.2. The van der Waals surface area contributed by atoms with Crippen molar-refractivity contribution in [2.75, 3.05) is 6.61 Å². The molecule has 1 heterocycles. The molecule has 0 radical (unpaired) electrons.